The zero-order valence-corrected chi connectivity index (χ0v) is 9.57. The van der Waals surface area contributed by atoms with E-state index in [9.17, 15) is 0 Å². The van der Waals surface area contributed by atoms with Gasteiger partial charge >= 0.3 is 0 Å². The molecule has 0 aromatic carbocycles. The molecule has 0 nitrogen and oxygen atoms in total. The summed E-state index contributed by atoms with van der Waals surface area (Å²) in [6.45, 7) is 13.6. The van der Waals surface area contributed by atoms with Gasteiger partial charge in [-0.1, -0.05) is 41.5 Å². The van der Waals surface area contributed by atoms with Gasteiger partial charge in [-0.15, -0.1) is 0 Å². The van der Waals surface area contributed by atoms with Crippen molar-refractivity contribution in [2.75, 3.05) is 0 Å². The van der Waals surface area contributed by atoms with E-state index in [-0.39, 0.29) is 0 Å². The van der Waals surface area contributed by atoms with Crippen LogP contribution in [0.3, 0.4) is 0 Å². The van der Waals surface area contributed by atoms with E-state index in [1.54, 1.807) is 0 Å². The molecule has 0 bridgehead atoms. The van der Waals surface area contributed by atoms with Crippen molar-refractivity contribution in [3.63, 3.8) is 0 Å². The predicted octanol–water partition coefficient (Wildman–Crippen LogP) is 3.62. The minimum Gasteiger partial charge on any atom is -0.175 e. The molecule has 68 valence electrons. The van der Waals surface area contributed by atoms with Crippen molar-refractivity contribution in [3.8, 4) is 0 Å². The van der Waals surface area contributed by atoms with Gasteiger partial charge in [0.25, 0.3) is 0 Å². The molecule has 0 rings (SSSR count). The molecular weight excluding hydrogens is 152 g/mol. The minimum absolute atomic E-state index is 0.345. The molecule has 1 heteroatoms. The smallest absolute Gasteiger partial charge is 0.00934 e. The van der Waals surface area contributed by atoms with Gasteiger partial charge in [0, 0.05) is 5.25 Å². The molecular formula is C10H22S. The fourth-order valence-corrected chi connectivity index (χ4v) is 1.50. The highest BCUT2D eigenvalue weighted by molar-refractivity contribution is 7.81. The second-order valence-electron chi connectivity index (χ2n) is 4.66. The Morgan fingerprint density at radius 1 is 1.00 bits per heavy atom. The van der Waals surface area contributed by atoms with Crippen LogP contribution in [0, 0.1) is 17.3 Å². The Morgan fingerprint density at radius 3 is 1.45 bits per heavy atom. The molecule has 0 fully saturated rings. The topological polar surface area (TPSA) is 0 Å². The Labute approximate surface area is 77.2 Å². The molecule has 0 saturated heterocycles. The van der Waals surface area contributed by atoms with Crippen molar-refractivity contribution in [2.24, 2.45) is 17.3 Å². The van der Waals surface area contributed by atoms with Crippen molar-refractivity contribution in [3.05, 3.63) is 0 Å². The van der Waals surface area contributed by atoms with Crippen molar-refractivity contribution >= 4 is 12.6 Å². The lowest BCUT2D eigenvalue weighted by Gasteiger charge is -2.37. The highest BCUT2D eigenvalue weighted by Crippen LogP contribution is 2.37. The first-order chi connectivity index (χ1) is 4.80. The van der Waals surface area contributed by atoms with E-state index in [0.29, 0.717) is 22.5 Å². The van der Waals surface area contributed by atoms with Crippen LogP contribution in [-0.4, -0.2) is 5.25 Å². The third-order valence-corrected chi connectivity index (χ3v) is 4.14. The van der Waals surface area contributed by atoms with Gasteiger partial charge in [-0.3, -0.25) is 0 Å². The lowest BCUT2D eigenvalue weighted by atomic mass is 9.74. The zero-order valence-electron chi connectivity index (χ0n) is 8.68. The second kappa shape index (κ2) is 3.84. The second-order valence-corrected chi connectivity index (χ2v) is 5.22. The maximum atomic E-state index is 4.64. The molecule has 0 amide bonds. The number of hydrogen-bond acceptors (Lipinski definition) is 1. The standard InChI is InChI=1S/C10H22S/c1-7(2)9(11)10(5,6)8(3)4/h7-9,11H,1-6H3. The van der Waals surface area contributed by atoms with Crippen molar-refractivity contribution < 1.29 is 0 Å². The van der Waals surface area contributed by atoms with E-state index in [1.165, 1.54) is 0 Å². The summed E-state index contributed by atoms with van der Waals surface area (Å²) in [6, 6.07) is 0. The summed E-state index contributed by atoms with van der Waals surface area (Å²) in [5.74, 6) is 1.36. The van der Waals surface area contributed by atoms with Gasteiger partial charge in [0.15, 0.2) is 0 Å². The first-order valence-electron chi connectivity index (χ1n) is 4.48. The highest BCUT2D eigenvalue weighted by atomic mass is 32.1. The number of rotatable bonds is 3. The van der Waals surface area contributed by atoms with Crippen molar-refractivity contribution in [2.45, 2.75) is 46.8 Å². The maximum Gasteiger partial charge on any atom is 0.00934 e. The van der Waals surface area contributed by atoms with E-state index in [4.69, 9.17) is 0 Å². The van der Waals surface area contributed by atoms with Crippen LogP contribution in [0.2, 0.25) is 0 Å². The molecule has 11 heavy (non-hydrogen) atoms. The Kier molecular flexibility index (Phi) is 3.96. The lowest BCUT2D eigenvalue weighted by molar-refractivity contribution is 0.212. The van der Waals surface area contributed by atoms with Crippen LogP contribution in [0.4, 0.5) is 0 Å². The molecule has 0 aliphatic heterocycles. The third kappa shape index (κ3) is 2.70. The van der Waals surface area contributed by atoms with E-state index in [0.717, 1.165) is 0 Å². The number of hydrogen-bond donors (Lipinski definition) is 1. The largest absolute Gasteiger partial charge is 0.175 e. The van der Waals surface area contributed by atoms with Crippen LogP contribution in [-0.2, 0) is 0 Å². The summed E-state index contributed by atoms with van der Waals surface area (Å²) in [4.78, 5) is 0. The van der Waals surface area contributed by atoms with Crippen LogP contribution < -0.4 is 0 Å². The Hall–Kier alpha value is 0.350. The van der Waals surface area contributed by atoms with Crippen LogP contribution in [0.25, 0.3) is 0 Å². The van der Waals surface area contributed by atoms with Gasteiger partial charge in [-0.25, -0.2) is 0 Å². The van der Waals surface area contributed by atoms with Crippen molar-refractivity contribution in [1.29, 1.82) is 0 Å². The normalized spacial score (nSPS) is 16.1. The first-order valence-corrected chi connectivity index (χ1v) is 4.99. The SMILES string of the molecule is CC(C)C(S)C(C)(C)C(C)C. The molecule has 0 saturated carbocycles. The Morgan fingerprint density at radius 2 is 1.36 bits per heavy atom. The van der Waals surface area contributed by atoms with Crippen LogP contribution in [0.15, 0.2) is 0 Å². The summed E-state index contributed by atoms with van der Waals surface area (Å²) in [6.07, 6.45) is 0. The average molecular weight is 174 g/mol. The predicted molar refractivity (Wildman–Crippen MR) is 56.2 cm³/mol. The van der Waals surface area contributed by atoms with Crippen LogP contribution >= 0.6 is 12.6 Å². The fourth-order valence-electron chi connectivity index (χ4n) is 1.20. The minimum atomic E-state index is 0.345. The summed E-state index contributed by atoms with van der Waals surface area (Å²) in [5.41, 5.74) is 0.345. The average Bonchev–Trinajstić information content (AvgIpc) is 1.85. The quantitative estimate of drug-likeness (QED) is 0.621. The molecule has 0 aliphatic rings. The summed E-state index contributed by atoms with van der Waals surface area (Å²) < 4.78 is 0. The summed E-state index contributed by atoms with van der Waals surface area (Å²) >= 11 is 4.64. The molecule has 0 aromatic heterocycles. The highest BCUT2D eigenvalue weighted by Gasteiger charge is 2.31. The van der Waals surface area contributed by atoms with Crippen LogP contribution in [0.5, 0.6) is 0 Å². The lowest BCUT2D eigenvalue weighted by Crippen LogP contribution is -2.33. The molecule has 0 aliphatic carbocycles. The number of thiol groups is 1. The van der Waals surface area contributed by atoms with Gasteiger partial charge < -0.3 is 0 Å². The van der Waals surface area contributed by atoms with E-state index in [1.807, 2.05) is 0 Å². The summed E-state index contributed by atoms with van der Waals surface area (Å²) in [5, 5.41) is 0.502. The molecule has 0 heterocycles. The molecule has 0 N–H and O–H groups in total. The monoisotopic (exact) mass is 174 g/mol. The molecule has 1 unspecified atom stereocenters. The Balaban J connectivity index is 4.29. The first kappa shape index (κ1) is 11.4. The fraction of sp³-hybridized carbons (Fsp3) is 1.00. The molecule has 0 spiro atoms. The van der Waals surface area contributed by atoms with Gasteiger partial charge in [0.05, 0.1) is 0 Å². The van der Waals surface area contributed by atoms with E-state index < -0.39 is 0 Å². The van der Waals surface area contributed by atoms with Crippen molar-refractivity contribution in [1.82, 2.24) is 0 Å². The van der Waals surface area contributed by atoms with Crippen LogP contribution in [0.1, 0.15) is 41.5 Å². The van der Waals surface area contributed by atoms with Gasteiger partial charge in [0.1, 0.15) is 0 Å². The zero-order chi connectivity index (χ0) is 9.23. The maximum absolute atomic E-state index is 4.64. The molecule has 0 radical (unpaired) electrons. The van der Waals surface area contributed by atoms with E-state index in [2.05, 4.69) is 54.2 Å². The Bertz CT molecular complexity index is 114. The third-order valence-electron chi connectivity index (χ3n) is 2.88. The van der Waals surface area contributed by atoms with Gasteiger partial charge in [-0.2, -0.15) is 12.6 Å². The van der Waals surface area contributed by atoms with Gasteiger partial charge in [-0.05, 0) is 17.3 Å². The van der Waals surface area contributed by atoms with E-state index >= 15 is 0 Å². The van der Waals surface area contributed by atoms with Gasteiger partial charge in [0.2, 0.25) is 0 Å². The molecule has 1 atom stereocenters. The summed E-state index contributed by atoms with van der Waals surface area (Å²) in [7, 11) is 0. The molecule has 0 aromatic rings.